The van der Waals surface area contributed by atoms with E-state index in [4.69, 9.17) is 33.7 Å². The minimum Gasteiger partial charge on any atom is -0.455 e. The maximum absolute atomic E-state index is 6.06. The Kier molecular flexibility index (Phi) is 4.12. The molecule has 0 aliphatic heterocycles. The van der Waals surface area contributed by atoms with E-state index in [-0.39, 0.29) is 0 Å². The predicted octanol–water partition coefficient (Wildman–Crippen LogP) is 4.55. The first kappa shape index (κ1) is 13.2. The van der Waals surface area contributed by atoms with Gasteiger partial charge in [0, 0.05) is 17.6 Å². The second-order valence-electron chi connectivity index (χ2n) is 3.98. The molecule has 0 fully saturated rings. The highest BCUT2D eigenvalue weighted by molar-refractivity contribution is 6.34. The van der Waals surface area contributed by atoms with Crippen LogP contribution in [-0.2, 0) is 6.54 Å². The monoisotopic (exact) mass is 281 g/mol. The van der Waals surface area contributed by atoms with Crippen LogP contribution in [0.25, 0.3) is 0 Å². The van der Waals surface area contributed by atoms with E-state index in [1.165, 1.54) is 0 Å². The first-order chi connectivity index (χ1) is 8.60. The number of nitrogens with two attached hydrogens (primary N) is 1. The third-order valence-electron chi connectivity index (χ3n) is 2.60. The van der Waals surface area contributed by atoms with Crippen LogP contribution in [0.4, 0.5) is 0 Å². The van der Waals surface area contributed by atoms with Crippen LogP contribution in [-0.4, -0.2) is 0 Å². The lowest BCUT2D eigenvalue weighted by Crippen LogP contribution is -1.97. The molecule has 94 valence electrons. The lowest BCUT2D eigenvalue weighted by Gasteiger charge is -2.11. The number of ether oxygens (including phenoxy) is 1. The number of benzene rings is 2. The van der Waals surface area contributed by atoms with Crippen molar-refractivity contribution >= 4 is 23.2 Å². The molecule has 0 saturated carbocycles. The van der Waals surface area contributed by atoms with Crippen LogP contribution >= 0.6 is 23.2 Å². The normalized spacial score (nSPS) is 10.4. The first-order valence-corrected chi connectivity index (χ1v) is 6.28. The van der Waals surface area contributed by atoms with Crippen LogP contribution in [0.3, 0.4) is 0 Å². The van der Waals surface area contributed by atoms with E-state index in [2.05, 4.69) is 0 Å². The Labute approximate surface area is 116 Å². The van der Waals surface area contributed by atoms with Gasteiger partial charge in [-0.1, -0.05) is 35.3 Å². The quantitative estimate of drug-likeness (QED) is 0.896. The first-order valence-electron chi connectivity index (χ1n) is 5.52. The Bertz CT molecular complexity index is 570. The van der Waals surface area contributed by atoms with Crippen LogP contribution in [0, 0.1) is 6.92 Å². The summed E-state index contributed by atoms with van der Waals surface area (Å²) in [5.41, 5.74) is 7.64. The van der Waals surface area contributed by atoms with Gasteiger partial charge in [0.05, 0.1) is 5.02 Å². The Morgan fingerprint density at radius 3 is 2.56 bits per heavy atom. The van der Waals surface area contributed by atoms with Gasteiger partial charge >= 0.3 is 0 Å². The molecule has 18 heavy (non-hydrogen) atoms. The topological polar surface area (TPSA) is 35.2 Å². The van der Waals surface area contributed by atoms with Crippen molar-refractivity contribution < 1.29 is 4.74 Å². The minimum atomic E-state index is 0.472. The Morgan fingerprint density at radius 1 is 1.06 bits per heavy atom. The van der Waals surface area contributed by atoms with Crippen molar-refractivity contribution in [3.05, 3.63) is 57.6 Å². The van der Waals surface area contributed by atoms with Gasteiger partial charge in [-0.2, -0.15) is 0 Å². The summed E-state index contributed by atoms with van der Waals surface area (Å²) in [7, 11) is 0. The third kappa shape index (κ3) is 2.96. The number of hydrogen-bond acceptors (Lipinski definition) is 2. The second-order valence-corrected chi connectivity index (χ2v) is 4.82. The zero-order chi connectivity index (χ0) is 13.1. The maximum Gasteiger partial charge on any atom is 0.147 e. The number of halogens is 2. The van der Waals surface area contributed by atoms with Crippen LogP contribution in [0.5, 0.6) is 11.5 Å². The van der Waals surface area contributed by atoms with Gasteiger partial charge in [0.2, 0.25) is 0 Å². The average molecular weight is 282 g/mol. The molecule has 0 heterocycles. The van der Waals surface area contributed by atoms with Crippen molar-refractivity contribution in [3.8, 4) is 11.5 Å². The molecule has 0 aromatic heterocycles. The van der Waals surface area contributed by atoms with Gasteiger partial charge in [-0.25, -0.2) is 0 Å². The molecule has 0 atom stereocenters. The van der Waals surface area contributed by atoms with Gasteiger partial charge in [-0.3, -0.25) is 0 Å². The molecule has 0 aliphatic rings. The fourth-order valence-electron chi connectivity index (χ4n) is 1.56. The highest BCUT2D eigenvalue weighted by Gasteiger charge is 2.07. The number of aryl methyl sites for hydroxylation is 1. The summed E-state index contributed by atoms with van der Waals surface area (Å²) in [4.78, 5) is 0. The molecule has 2 nitrogen and oxygen atoms in total. The van der Waals surface area contributed by atoms with Crippen LogP contribution < -0.4 is 10.5 Å². The largest absolute Gasteiger partial charge is 0.455 e. The van der Waals surface area contributed by atoms with Crippen molar-refractivity contribution in [1.82, 2.24) is 0 Å². The van der Waals surface area contributed by atoms with E-state index in [1.54, 1.807) is 18.2 Å². The SMILES string of the molecule is Cc1ccc(CN)cc1Oc1cc(Cl)ccc1Cl. The van der Waals surface area contributed by atoms with Crippen LogP contribution in [0.2, 0.25) is 10.0 Å². The van der Waals surface area contributed by atoms with Gasteiger partial charge in [0.25, 0.3) is 0 Å². The Balaban J connectivity index is 2.36. The molecule has 0 saturated heterocycles. The molecule has 0 radical (unpaired) electrons. The van der Waals surface area contributed by atoms with E-state index in [0.717, 1.165) is 16.9 Å². The Morgan fingerprint density at radius 2 is 1.83 bits per heavy atom. The zero-order valence-corrected chi connectivity index (χ0v) is 11.4. The van der Waals surface area contributed by atoms with E-state index >= 15 is 0 Å². The van der Waals surface area contributed by atoms with Crippen molar-refractivity contribution in [2.75, 3.05) is 0 Å². The Hall–Kier alpha value is -1.22. The molecule has 4 heteroatoms. The fourth-order valence-corrected chi connectivity index (χ4v) is 1.87. The van der Waals surface area contributed by atoms with E-state index < -0.39 is 0 Å². The lowest BCUT2D eigenvalue weighted by atomic mass is 10.1. The van der Waals surface area contributed by atoms with Crippen LogP contribution in [0.15, 0.2) is 36.4 Å². The van der Waals surface area contributed by atoms with Crippen molar-refractivity contribution in [2.45, 2.75) is 13.5 Å². The van der Waals surface area contributed by atoms with E-state index in [9.17, 15) is 0 Å². The maximum atomic E-state index is 6.06. The molecule has 2 N–H and O–H groups in total. The summed E-state index contributed by atoms with van der Waals surface area (Å²) >= 11 is 12.0. The van der Waals surface area contributed by atoms with E-state index in [0.29, 0.717) is 22.3 Å². The fraction of sp³-hybridized carbons (Fsp3) is 0.143. The highest BCUT2D eigenvalue weighted by atomic mass is 35.5. The summed E-state index contributed by atoms with van der Waals surface area (Å²) in [5, 5.41) is 1.11. The van der Waals surface area contributed by atoms with Crippen LogP contribution in [0.1, 0.15) is 11.1 Å². The van der Waals surface area contributed by atoms with Gasteiger partial charge in [0.15, 0.2) is 0 Å². The van der Waals surface area contributed by atoms with Crippen molar-refractivity contribution in [1.29, 1.82) is 0 Å². The molecule has 0 spiro atoms. The highest BCUT2D eigenvalue weighted by Crippen LogP contribution is 2.33. The molecule has 2 aromatic carbocycles. The molecule has 0 unspecified atom stereocenters. The molecule has 2 rings (SSSR count). The lowest BCUT2D eigenvalue weighted by molar-refractivity contribution is 0.478. The third-order valence-corrected chi connectivity index (χ3v) is 3.15. The van der Waals surface area contributed by atoms with Gasteiger partial charge in [-0.05, 0) is 36.2 Å². The summed E-state index contributed by atoms with van der Waals surface area (Å²) in [6.45, 7) is 2.44. The molecular weight excluding hydrogens is 269 g/mol. The second kappa shape index (κ2) is 5.61. The van der Waals surface area contributed by atoms with Crippen molar-refractivity contribution in [2.24, 2.45) is 5.73 Å². The summed E-state index contributed by atoms with van der Waals surface area (Å²) in [6.07, 6.45) is 0. The molecular formula is C14H13Cl2NO. The predicted molar refractivity (Wildman–Crippen MR) is 75.6 cm³/mol. The average Bonchev–Trinajstić information content (AvgIpc) is 2.36. The molecule has 0 aliphatic carbocycles. The zero-order valence-electron chi connectivity index (χ0n) is 9.91. The molecule has 2 aromatic rings. The van der Waals surface area contributed by atoms with Gasteiger partial charge in [0.1, 0.15) is 11.5 Å². The molecule has 0 amide bonds. The number of hydrogen-bond donors (Lipinski definition) is 1. The summed E-state index contributed by atoms with van der Waals surface area (Å²) in [6, 6.07) is 11.0. The number of rotatable bonds is 3. The standard InChI is InChI=1S/C14H13Cl2NO/c1-9-2-3-10(8-17)6-13(9)18-14-7-11(15)4-5-12(14)16/h2-7H,8,17H2,1H3. The van der Waals surface area contributed by atoms with E-state index in [1.807, 2.05) is 25.1 Å². The minimum absolute atomic E-state index is 0.472. The summed E-state index contributed by atoms with van der Waals surface area (Å²) in [5.74, 6) is 1.28. The smallest absolute Gasteiger partial charge is 0.147 e. The van der Waals surface area contributed by atoms with Crippen molar-refractivity contribution in [3.63, 3.8) is 0 Å². The van der Waals surface area contributed by atoms with Gasteiger partial charge < -0.3 is 10.5 Å². The molecule has 0 bridgehead atoms. The van der Waals surface area contributed by atoms with Gasteiger partial charge in [-0.15, -0.1) is 0 Å². The summed E-state index contributed by atoms with van der Waals surface area (Å²) < 4.78 is 5.79.